The predicted octanol–water partition coefficient (Wildman–Crippen LogP) is 3.58. The van der Waals surface area contributed by atoms with Crippen LogP contribution in [0.25, 0.3) is 10.4 Å². The first-order valence-corrected chi connectivity index (χ1v) is 8.06. The zero-order chi connectivity index (χ0) is 17.8. The third-order valence-electron chi connectivity index (χ3n) is 4.08. The quantitative estimate of drug-likeness (QED) is 0.518. The van der Waals surface area contributed by atoms with E-state index in [4.69, 9.17) is 10.3 Å². The van der Waals surface area contributed by atoms with Crippen molar-refractivity contribution in [1.82, 2.24) is 4.90 Å². The van der Waals surface area contributed by atoms with E-state index in [9.17, 15) is 9.90 Å². The summed E-state index contributed by atoms with van der Waals surface area (Å²) in [5.74, 6) is 0. The molecule has 1 aromatic carbocycles. The number of benzene rings is 1. The average Bonchev–Trinajstić information content (AvgIpc) is 3.02. The first-order chi connectivity index (χ1) is 11.3. The van der Waals surface area contributed by atoms with Gasteiger partial charge in [0.2, 0.25) is 0 Å². The van der Waals surface area contributed by atoms with E-state index in [1.54, 1.807) is 37.8 Å². The number of hydrogen-bond acceptors (Lipinski definition) is 4. The molecule has 130 valence electrons. The molecule has 24 heavy (non-hydrogen) atoms. The number of likely N-dealkylation sites (tertiary alicyclic amines) is 1. The van der Waals surface area contributed by atoms with Gasteiger partial charge in [-0.2, -0.15) is 0 Å². The summed E-state index contributed by atoms with van der Waals surface area (Å²) < 4.78 is 5.46. The summed E-state index contributed by atoms with van der Waals surface area (Å²) in [7, 11) is 0. The first kappa shape index (κ1) is 18.1. The van der Waals surface area contributed by atoms with Gasteiger partial charge in [-0.1, -0.05) is 35.4 Å². The fourth-order valence-corrected chi connectivity index (χ4v) is 3.06. The molecule has 1 amide bonds. The van der Waals surface area contributed by atoms with Gasteiger partial charge in [-0.3, -0.25) is 0 Å². The van der Waals surface area contributed by atoms with Crippen molar-refractivity contribution in [3.05, 3.63) is 46.3 Å². The van der Waals surface area contributed by atoms with Gasteiger partial charge in [-0.25, -0.2) is 4.79 Å². The van der Waals surface area contributed by atoms with Gasteiger partial charge in [0.05, 0.1) is 12.6 Å². The lowest BCUT2D eigenvalue weighted by atomic mass is 9.85. The molecule has 0 saturated carbocycles. The van der Waals surface area contributed by atoms with E-state index in [1.807, 2.05) is 18.2 Å². The summed E-state index contributed by atoms with van der Waals surface area (Å²) in [5, 5.41) is 14.9. The van der Waals surface area contributed by atoms with Crippen LogP contribution in [-0.4, -0.2) is 40.8 Å². The zero-order valence-corrected chi connectivity index (χ0v) is 14.3. The molecule has 1 fully saturated rings. The highest BCUT2D eigenvalue weighted by Gasteiger charge is 2.46. The maximum Gasteiger partial charge on any atom is 0.410 e. The molecule has 7 heteroatoms. The van der Waals surface area contributed by atoms with Crippen molar-refractivity contribution in [2.45, 2.75) is 50.9 Å². The second-order valence-electron chi connectivity index (χ2n) is 7.01. The van der Waals surface area contributed by atoms with E-state index in [0.717, 1.165) is 6.42 Å². The Morgan fingerprint density at radius 1 is 1.42 bits per heavy atom. The molecule has 1 heterocycles. The molecule has 1 aliphatic heterocycles. The monoisotopic (exact) mass is 332 g/mol. The molecule has 1 aromatic rings. The topological polar surface area (TPSA) is 98.5 Å². The fourth-order valence-electron chi connectivity index (χ4n) is 3.06. The van der Waals surface area contributed by atoms with Crippen molar-refractivity contribution in [1.29, 1.82) is 0 Å². The molecule has 1 aliphatic rings. The van der Waals surface area contributed by atoms with Crippen LogP contribution < -0.4 is 0 Å². The number of hydrogen-bond donors (Lipinski definition) is 1. The molecule has 2 atom stereocenters. The Bertz CT molecular complexity index is 622. The van der Waals surface area contributed by atoms with Gasteiger partial charge < -0.3 is 14.7 Å². The third-order valence-corrected chi connectivity index (χ3v) is 4.08. The Morgan fingerprint density at radius 2 is 2.08 bits per heavy atom. The molecule has 1 N–H and O–H groups in total. The number of amides is 1. The van der Waals surface area contributed by atoms with Crippen LogP contribution >= 0.6 is 0 Å². The minimum absolute atomic E-state index is 0.141. The number of ether oxygens (including phenoxy) is 1. The Labute approximate surface area is 141 Å². The Morgan fingerprint density at radius 3 is 2.67 bits per heavy atom. The van der Waals surface area contributed by atoms with Crippen LogP contribution in [0.1, 0.15) is 39.2 Å². The van der Waals surface area contributed by atoms with Gasteiger partial charge in [0.25, 0.3) is 0 Å². The molecule has 0 aromatic heterocycles. The smallest absolute Gasteiger partial charge is 0.410 e. The third kappa shape index (κ3) is 3.99. The lowest BCUT2D eigenvalue weighted by molar-refractivity contribution is -0.0425. The van der Waals surface area contributed by atoms with Gasteiger partial charge in [-0.15, -0.1) is 0 Å². The number of aliphatic hydroxyl groups is 1. The summed E-state index contributed by atoms with van der Waals surface area (Å²) in [5.41, 5.74) is 7.26. The summed E-state index contributed by atoms with van der Waals surface area (Å²) in [6.07, 6.45) is 0.918. The standard InChI is InChI=1S/C17H24N4O3/c1-16(2,3)24-15(22)21-11-7-10-14(21)17(23,12-19-20-18)13-8-5-4-6-9-13/h4-6,8-9,14,23H,7,10-12H2,1-3H3. The highest BCUT2D eigenvalue weighted by molar-refractivity contribution is 5.69. The molecule has 7 nitrogen and oxygen atoms in total. The second kappa shape index (κ2) is 7.11. The Kier molecular flexibility index (Phi) is 5.36. The average molecular weight is 332 g/mol. The zero-order valence-electron chi connectivity index (χ0n) is 14.3. The molecule has 0 spiro atoms. The van der Waals surface area contributed by atoms with Crippen molar-refractivity contribution in [3.8, 4) is 0 Å². The maximum absolute atomic E-state index is 12.5. The van der Waals surface area contributed by atoms with Gasteiger partial charge >= 0.3 is 6.09 Å². The molecule has 0 bridgehead atoms. The predicted molar refractivity (Wildman–Crippen MR) is 90.3 cm³/mol. The van der Waals surface area contributed by atoms with Crippen molar-refractivity contribution in [2.75, 3.05) is 13.1 Å². The summed E-state index contributed by atoms with van der Waals surface area (Å²) in [6, 6.07) is 8.52. The lowest BCUT2D eigenvalue weighted by Crippen LogP contribution is -2.52. The van der Waals surface area contributed by atoms with E-state index in [1.165, 1.54) is 0 Å². The lowest BCUT2D eigenvalue weighted by Gasteiger charge is -2.39. The molecule has 2 rings (SSSR count). The normalized spacial score (nSPS) is 20.2. The SMILES string of the molecule is CC(C)(C)OC(=O)N1CCCC1C(O)(CN=[N+]=[N-])c1ccccc1. The van der Waals surface area contributed by atoms with Crippen LogP contribution in [0.4, 0.5) is 4.79 Å². The van der Waals surface area contributed by atoms with Crippen molar-refractivity contribution in [3.63, 3.8) is 0 Å². The Balaban J connectivity index is 2.34. The number of carbonyl (C=O) groups excluding carboxylic acids is 1. The summed E-state index contributed by atoms with van der Waals surface area (Å²) in [4.78, 5) is 16.8. The summed E-state index contributed by atoms with van der Waals surface area (Å²) >= 11 is 0. The maximum atomic E-state index is 12.5. The van der Waals surface area contributed by atoms with Crippen LogP contribution in [0.15, 0.2) is 35.4 Å². The van der Waals surface area contributed by atoms with Gasteiger partial charge in [0.15, 0.2) is 0 Å². The summed E-state index contributed by atoms with van der Waals surface area (Å²) in [6.45, 7) is 5.78. The van der Waals surface area contributed by atoms with Crippen LogP contribution in [0.5, 0.6) is 0 Å². The van der Waals surface area contributed by atoms with Crippen LogP contribution in [-0.2, 0) is 10.3 Å². The molecule has 2 unspecified atom stereocenters. The van der Waals surface area contributed by atoms with Crippen molar-refractivity contribution < 1.29 is 14.6 Å². The van der Waals surface area contributed by atoms with E-state index >= 15 is 0 Å². The largest absolute Gasteiger partial charge is 0.444 e. The number of carbonyl (C=O) groups is 1. The Hall–Kier alpha value is -2.24. The van der Waals surface area contributed by atoms with E-state index in [-0.39, 0.29) is 6.54 Å². The van der Waals surface area contributed by atoms with E-state index < -0.39 is 23.3 Å². The fraction of sp³-hybridized carbons (Fsp3) is 0.588. The van der Waals surface area contributed by atoms with E-state index in [0.29, 0.717) is 18.5 Å². The second-order valence-corrected chi connectivity index (χ2v) is 7.01. The van der Waals surface area contributed by atoms with Crippen LogP contribution in [0, 0.1) is 0 Å². The number of azide groups is 1. The van der Waals surface area contributed by atoms with Crippen molar-refractivity contribution in [2.24, 2.45) is 5.11 Å². The minimum Gasteiger partial charge on any atom is -0.444 e. The molecule has 0 aliphatic carbocycles. The number of rotatable bonds is 4. The van der Waals surface area contributed by atoms with E-state index in [2.05, 4.69) is 10.0 Å². The number of nitrogens with zero attached hydrogens (tertiary/aromatic N) is 4. The molecule has 1 saturated heterocycles. The highest BCUT2D eigenvalue weighted by Crippen LogP contribution is 2.36. The van der Waals surface area contributed by atoms with Gasteiger partial charge in [0, 0.05) is 11.5 Å². The highest BCUT2D eigenvalue weighted by atomic mass is 16.6. The minimum atomic E-state index is -1.44. The molecular weight excluding hydrogens is 308 g/mol. The van der Waals surface area contributed by atoms with Crippen LogP contribution in [0.2, 0.25) is 0 Å². The van der Waals surface area contributed by atoms with Crippen molar-refractivity contribution >= 4 is 6.09 Å². The first-order valence-electron chi connectivity index (χ1n) is 8.06. The van der Waals surface area contributed by atoms with Gasteiger partial charge in [-0.05, 0) is 44.7 Å². The van der Waals surface area contributed by atoms with Gasteiger partial charge in [0.1, 0.15) is 11.2 Å². The van der Waals surface area contributed by atoms with Crippen LogP contribution in [0.3, 0.4) is 0 Å². The molecular formula is C17H24N4O3. The molecule has 0 radical (unpaired) electrons.